The average Bonchev–Trinajstić information content (AvgIpc) is 2.55. The first-order valence-corrected chi connectivity index (χ1v) is 6.93. The van der Waals surface area contributed by atoms with Crippen molar-refractivity contribution < 1.29 is 9.47 Å². The van der Waals surface area contributed by atoms with E-state index >= 15 is 0 Å². The lowest BCUT2D eigenvalue weighted by Crippen LogP contribution is -2.24. The van der Waals surface area contributed by atoms with Gasteiger partial charge >= 0.3 is 0 Å². The Morgan fingerprint density at radius 2 is 1.64 bits per heavy atom. The van der Waals surface area contributed by atoms with Gasteiger partial charge in [0.1, 0.15) is 23.9 Å². The Labute approximate surface area is 129 Å². The predicted octanol–water partition coefficient (Wildman–Crippen LogP) is 4.06. The van der Waals surface area contributed by atoms with Gasteiger partial charge in [-0.05, 0) is 49.0 Å². The van der Waals surface area contributed by atoms with E-state index in [0.717, 1.165) is 17.2 Å². The van der Waals surface area contributed by atoms with Gasteiger partial charge in [0.05, 0.1) is 6.67 Å². The molecule has 0 N–H and O–H groups in total. The third-order valence-corrected chi connectivity index (χ3v) is 2.91. The fourth-order valence-corrected chi connectivity index (χ4v) is 1.75. The van der Waals surface area contributed by atoms with Crippen LogP contribution in [-0.2, 0) is 0 Å². The molecule has 0 saturated carbocycles. The average molecular weight is 298 g/mol. The Morgan fingerprint density at radius 1 is 1.00 bits per heavy atom. The predicted molar refractivity (Wildman–Crippen MR) is 85.1 cm³/mol. The van der Waals surface area contributed by atoms with E-state index < -0.39 is 0 Å². The third kappa shape index (κ3) is 5.36. The number of para-hydroxylation sites is 1. The SMILES string of the molecule is CN(CCOc1ccc(Oc2ccccc2)cc1)CN=[N+]=[N-]. The maximum absolute atomic E-state index is 8.24. The Balaban J connectivity index is 1.78. The fourth-order valence-electron chi connectivity index (χ4n) is 1.75. The van der Waals surface area contributed by atoms with E-state index in [0.29, 0.717) is 19.8 Å². The quantitative estimate of drug-likeness (QED) is 0.419. The second kappa shape index (κ2) is 8.56. The second-order valence-electron chi connectivity index (χ2n) is 4.69. The molecule has 0 aliphatic heterocycles. The molecule has 2 aromatic carbocycles. The van der Waals surface area contributed by atoms with Crippen molar-refractivity contribution >= 4 is 0 Å². The van der Waals surface area contributed by atoms with E-state index in [4.69, 9.17) is 15.0 Å². The molecule has 0 radical (unpaired) electrons. The summed E-state index contributed by atoms with van der Waals surface area (Å²) in [4.78, 5) is 4.60. The number of hydrogen-bond donors (Lipinski definition) is 0. The number of likely N-dealkylation sites (N-methyl/N-ethyl adjacent to an activating group) is 1. The molecule has 0 aliphatic rings. The molecular weight excluding hydrogens is 280 g/mol. The smallest absolute Gasteiger partial charge is 0.127 e. The summed E-state index contributed by atoms with van der Waals surface area (Å²) in [5.41, 5.74) is 8.24. The van der Waals surface area contributed by atoms with Crippen LogP contribution in [0, 0.1) is 0 Å². The van der Waals surface area contributed by atoms with E-state index in [-0.39, 0.29) is 0 Å². The van der Waals surface area contributed by atoms with Crippen molar-refractivity contribution in [3.05, 3.63) is 65.0 Å². The normalized spacial score (nSPS) is 10.1. The molecule has 0 bridgehead atoms. The fraction of sp³-hybridized carbons (Fsp3) is 0.250. The van der Waals surface area contributed by atoms with Crippen LogP contribution in [0.3, 0.4) is 0 Å². The van der Waals surface area contributed by atoms with Crippen LogP contribution in [0.4, 0.5) is 0 Å². The van der Waals surface area contributed by atoms with Crippen molar-refractivity contribution in [2.24, 2.45) is 5.11 Å². The number of ether oxygens (including phenoxy) is 2. The van der Waals surface area contributed by atoms with Crippen molar-refractivity contribution in [1.82, 2.24) is 4.90 Å². The minimum Gasteiger partial charge on any atom is -0.492 e. The monoisotopic (exact) mass is 298 g/mol. The molecule has 6 nitrogen and oxygen atoms in total. The molecule has 0 fully saturated rings. The summed E-state index contributed by atoms with van der Waals surface area (Å²) in [7, 11) is 1.87. The molecule has 6 heteroatoms. The van der Waals surface area contributed by atoms with Crippen LogP contribution in [0.25, 0.3) is 10.4 Å². The van der Waals surface area contributed by atoms with Gasteiger partial charge in [0.15, 0.2) is 0 Å². The van der Waals surface area contributed by atoms with Crippen LogP contribution in [-0.4, -0.2) is 31.8 Å². The zero-order valence-corrected chi connectivity index (χ0v) is 12.4. The van der Waals surface area contributed by atoms with E-state index in [1.165, 1.54) is 0 Å². The Hall–Kier alpha value is -2.69. The number of rotatable bonds is 8. The number of azide groups is 1. The summed E-state index contributed by atoms with van der Waals surface area (Å²) in [5.74, 6) is 2.34. The molecule has 114 valence electrons. The lowest BCUT2D eigenvalue weighted by molar-refractivity contribution is 0.240. The summed E-state index contributed by atoms with van der Waals surface area (Å²) < 4.78 is 11.3. The van der Waals surface area contributed by atoms with Crippen molar-refractivity contribution in [1.29, 1.82) is 0 Å². The topological polar surface area (TPSA) is 70.5 Å². The van der Waals surface area contributed by atoms with Gasteiger partial charge in [-0.2, -0.15) is 0 Å². The summed E-state index contributed by atoms with van der Waals surface area (Å²) >= 11 is 0. The number of benzene rings is 2. The van der Waals surface area contributed by atoms with Gasteiger partial charge in [-0.15, -0.1) is 0 Å². The van der Waals surface area contributed by atoms with Gasteiger partial charge in [-0.3, -0.25) is 4.90 Å². The maximum atomic E-state index is 8.24. The highest BCUT2D eigenvalue weighted by atomic mass is 16.5. The van der Waals surface area contributed by atoms with Gasteiger partial charge in [-0.1, -0.05) is 23.3 Å². The van der Waals surface area contributed by atoms with Crippen LogP contribution in [0.15, 0.2) is 59.7 Å². The van der Waals surface area contributed by atoms with Crippen LogP contribution in [0.5, 0.6) is 17.2 Å². The lowest BCUT2D eigenvalue weighted by Gasteiger charge is -2.14. The number of hydrogen-bond acceptors (Lipinski definition) is 4. The van der Waals surface area contributed by atoms with Gasteiger partial charge in [-0.25, -0.2) is 0 Å². The molecule has 0 heterocycles. The zero-order chi connectivity index (χ0) is 15.6. The van der Waals surface area contributed by atoms with E-state index in [2.05, 4.69) is 10.0 Å². The molecule has 0 aromatic heterocycles. The third-order valence-electron chi connectivity index (χ3n) is 2.91. The minimum absolute atomic E-state index is 0.337. The summed E-state index contributed by atoms with van der Waals surface area (Å²) in [6, 6.07) is 17.1. The molecule has 2 aromatic rings. The molecule has 2 rings (SSSR count). The van der Waals surface area contributed by atoms with Crippen molar-refractivity contribution in [3.63, 3.8) is 0 Å². The highest BCUT2D eigenvalue weighted by molar-refractivity contribution is 5.35. The summed E-state index contributed by atoms with van der Waals surface area (Å²) in [5, 5.41) is 3.48. The Kier molecular flexibility index (Phi) is 6.11. The van der Waals surface area contributed by atoms with Gasteiger partial charge in [0, 0.05) is 11.5 Å². The molecule has 22 heavy (non-hydrogen) atoms. The van der Waals surface area contributed by atoms with Crippen LogP contribution >= 0.6 is 0 Å². The molecule has 0 unspecified atom stereocenters. The zero-order valence-electron chi connectivity index (χ0n) is 12.4. The highest BCUT2D eigenvalue weighted by Crippen LogP contribution is 2.23. The minimum atomic E-state index is 0.337. The first-order valence-electron chi connectivity index (χ1n) is 6.93. The maximum Gasteiger partial charge on any atom is 0.127 e. The molecule has 0 saturated heterocycles. The largest absolute Gasteiger partial charge is 0.492 e. The van der Waals surface area contributed by atoms with Crippen molar-refractivity contribution in [3.8, 4) is 17.2 Å². The summed E-state index contributed by atoms with van der Waals surface area (Å²) in [6.07, 6.45) is 0. The molecule has 0 aliphatic carbocycles. The van der Waals surface area contributed by atoms with Gasteiger partial charge in [0.2, 0.25) is 0 Å². The van der Waals surface area contributed by atoms with Gasteiger partial charge in [0.25, 0.3) is 0 Å². The lowest BCUT2D eigenvalue weighted by atomic mass is 10.3. The first kappa shape index (κ1) is 15.7. The number of nitrogens with zero attached hydrogens (tertiary/aromatic N) is 4. The highest BCUT2D eigenvalue weighted by Gasteiger charge is 2.00. The molecule has 0 amide bonds. The van der Waals surface area contributed by atoms with E-state index in [1.54, 1.807) is 0 Å². The van der Waals surface area contributed by atoms with Gasteiger partial charge < -0.3 is 9.47 Å². The van der Waals surface area contributed by atoms with Crippen molar-refractivity contribution in [2.45, 2.75) is 0 Å². The molecular formula is C16H18N4O2. The standard InChI is InChI=1S/C16H18N4O2/c1-20(13-18-19-17)11-12-21-14-7-9-16(10-8-14)22-15-5-3-2-4-6-15/h2-10H,11-13H2,1H3. The van der Waals surface area contributed by atoms with Crippen LogP contribution in [0.1, 0.15) is 0 Å². The first-order chi connectivity index (χ1) is 10.8. The van der Waals surface area contributed by atoms with Crippen LogP contribution < -0.4 is 9.47 Å². The van der Waals surface area contributed by atoms with E-state index in [9.17, 15) is 0 Å². The van der Waals surface area contributed by atoms with Crippen molar-refractivity contribution in [2.75, 3.05) is 26.9 Å². The molecule has 0 atom stereocenters. The molecule has 0 spiro atoms. The Bertz CT molecular complexity index is 610. The summed E-state index contributed by atoms with van der Waals surface area (Å²) in [6.45, 7) is 1.54. The van der Waals surface area contributed by atoms with E-state index in [1.807, 2.05) is 66.5 Å². The Morgan fingerprint density at radius 3 is 2.32 bits per heavy atom. The van der Waals surface area contributed by atoms with Crippen LogP contribution in [0.2, 0.25) is 0 Å². The second-order valence-corrected chi connectivity index (χ2v) is 4.69.